The number of aromatic nitrogens is 3. The molecular weight excluding hydrogens is 443 g/mol. The molecule has 0 saturated heterocycles. The highest BCUT2D eigenvalue weighted by molar-refractivity contribution is 14.0. The van der Waals surface area contributed by atoms with E-state index in [1.54, 1.807) is 13.4 Å². The zero-order valence-electron chi connectivity index (χ0n) is 15.7. The topological polar surface area (TPSA) is 76.4 Å². The molecule has 0 fully saturated rings. The minimum absolute atomic E-state index is 0. The van der Waals surface area contributed by atoms with Crippen LogP contribution >= 0.6 is 24.0 Å². The number of halogens is 1. The summed E-state index contributed by atoms with van der Waals surface area (Å²) in [5.41, 5.74) is 1.13. The van der Waals surface area contributed by atoms with Gasteiger partial charge in [0.05, 0.1) is 6.54 Å². The van der Waals surface area contributed by atoms with E-state index >= 15 is 0 Å². The van der Waals surface area contributed by atoms with Crippen molar-refractivity contribution in [3.63, 3.8) is 0 Å². The van der Waals surface area contributed by atoms with Crippen molar-refractivity contribution in [3.05, 3.63) is 48.0 Å². The fourth-order valence-electron chi connectivity index (χ4n) is 2.53. The molecule has 1 heterocycles. The second kappa shape index (κ2) is 12.6. The van der Waals surface area contributed by atoms with Crippen molar-refractivity contribution in [2.45, 2.75) is 32.9 Å². The minimum atomic E-state index is -0.0544. The van der Waals surface area contributed by atoms with Crippen LogP contribution in [-0.2, 0) is 17.7 Å². The first-order valence-electron chi connectivity index (χ1n) is 8.75. The van der Waals surface area contributed by atoms with Crippen molar-refractivity contribution < 1.29 is 4.74 Å². The van der Waals surface area contributed by atoms with Crippen LogP contribution in [0.1, 0.15) is 31.3 Å². The van der Waals surface area contributed by atoms with Crippen molar-refractivity contribution in [1.82, 2.24) is 25.4 Å². The monoisotopic (exact) mass is 472 g/mol. The molecule has 1 aromatic heterocycles. The second-order valence-electron chi connectivity index (χ2n) is 5.58. The van der Waals surface area contributed by atoms with Gasteiger partial charge in [-0.1, -0.05) is 37.3 Å². The Morgan fingerprint density at radius 1 is 1.23 bits per heavy atom. The predicted octanol–water partition coefficient (Wildman–Crippen LogP) is 2.40. The number of hydrogen-bond donors (Lipinski definition) is 2. The molecule has 1 unspecified atom stereocenters. The van der Waals surface area contributed by atoms with Crippen LogP contribution < -0.4 is 10.6 Å². The molecule has 144 valence electrons. The number of nitrogens with zero attached hydrogens (tertiary/aromatic N) is 4. The van der Waals surface area contributed by atoms with Gasteiger partial charge in [-0.05, 0) is 12.5 Å². The second-order valence-corrected chi connectivity index (χ2v) is 5.58. The average molecular weight is 472 g/mol. The van der Waals surface area contributed by atoms with Crippen LogP contribution in [0.3, 0.4) is 0 Å². The Bertz CT molecular complexity index is 646. The van der Waals surface area contributed by atoms with E-state index in [2.05, 4.69) is 56.4 Å². The average Bonchev–Trinajstić information content (AvgIpc) is 3.10. The normalized spacial score (nSPS) is 12.3. The van der Waals surface area contributed by atoms with Crippen LogP contribution in [-0.4, -0.2) is 47.5 Å². The van der Waals surface area contributed by atoms with Crippen LogP contribution in [0.2, 0.25) is 0 Å². The van der Waals surface area contributed by atoms with Crippen LogP contribution in [0.5, 0.6) is 0 Å². The van der Waals surface area contributed by atoms with E-state index in [4.69, 9.17) is 4.74 Å². The molecule has 0 bridgehead atoms. The quantitative estimate of drug-likeness (QED) is 0.333. The van der Waals surface area contributed by atoms with E-state index in [9.17, 15) is 0 Å². The number of aliphatic imine (C=N–C) groups is 1. The van der Waals surface area contributed by atoms with Gasteiger partial charge in [0.1, 0.15) is 18.3 Å². The zero-order chi connectivity index (χ0) is 17.9. The summed E-state index contributed by atoms with van der Waals surface area (Å²) < 4.78 is 7.63. The minimum Gasteiger partial charge on any atom is -0.375 e. The molecule has 26 heavy (non-hydrogen) atoms. The highest BCUT2D eigenvalue weighted by atomic mass is 127. The molecule has 2 N–H and O–H groups in total. The van der Waals surface area contributed by atoms with Gasteiger partial charge in [-0.25, -0.2) is 0 Å². The molecule has 0 aliphatic rings. The molecule has 0 saturated carbocycles. The molecule has 0 amide bonds. The van der Waals surface area contributed by atoms with Gasteiger partial charge in [-0.15, -0.1) is 34.2 Å². The molecule has 0 aliphatic carbocycles. The molecular formula is C18H29IN6O. The highest BCUT2D eigenvalue weighted by Crippen LogP contribution is 2.16. The van der Waals surface area contributed by atoms with Crippen molar-refractivity contribution in [2.24, 2.45) is 4.99 Å². The van der Waals surface area contributed by atoms with Gasteiger partial charge in [-0.2, -0.15) is 0 Å². The third kappa shape index (κ3) is 6.91. The van der Waals surface area contributed by atoms with Gasteiger partial charge in [0, 0.05) is 33.2 Å². The molecule has 1 atom stereocenters. The number of aryl methyl sites for hydroxylation is 1. The fraction of sp³-hybridized carbons (Fsp3) is 0.500. The van der Waals surface area contributed by atoms with Crippen molar-refractivity contribution in [2.75, 3.05) is 26.7 Å². The van der Waals surface area contributed by atoms with Gasteiger partial charge in [0.25, 0.3) is 0 Å². The van der Waals surface area contributed by atoms with Crippen molar-refractivity contribution in [3.8, 4) is 0 Å². The Hall–Kier alpha value is -1.68. The number of ether oxygens (including phenoxy) is 1. The molecule has 0 spiro atoms. The molecule has 2 rings (SSSR count). The maximum absolute atomic E-state index is 5.58. The highest BCUT2D eigenvalue weighted by Gasteiger charge is 2.10. The fourth-order valence-corrected chi connectivity index (χ4v) is 2.53. The largest absolute Gasteiger partial charge is 0.375 e. The zero-order valence-corrected chi connectivity index (χ0v) is 18.0. The molecule has 0 aliphatic heterocycles. The first-order chi connectivity index (χ1) is 12.3. The SMILES string of the molecule is CCNC(=NCC(OC)c1ccccc1)NCCn1cnnc1CC.I. The molecule has 8 heteroatoms. The molecule has 1 aromatic carbocycles. The summed E-state index contributed by atoms with van der Waals surface area (Å²) in [5.74, 6) is 1.78. The van der Waals surface area contributed by atoms with Gasteiger partial charge in [0.15, 0.2) is 5.96 Å². The van der Waals surface area contributed by atoms with Crippen LogP contribution in [0.4, 0.5) is 0 Å². The lowest BCUT2D eigenvalue weighted by Gasteiger charge is -2.16. The number of hydrogen-bond acceptors (Lipinski definition) is 4. The van der Waals surface area contributed by atoms with Gasteiger partial charge in [-0.3, -0.25) is 4.99 Å². The lowest BCUT2D eigenvalue weighted by Crippen LogP contribution is -2.39. The number of rotatable bonds is 9. The number of benzene rings is 1. The smallest absolute Gasteiger partial charge is 0.191 e. The molecule has 7 nitrogen and oxygen atoms in total. The van der Waals surface area contributed by atoms with Gasteiger partial charge < -0.3 is 19.9 Å². The summed E-state index contributed by atoms with van der Waals surface area (Å²) in [6.45, 7) is 7.04. The predicted molar refractivity (Wildman–Crippen MR) is 115 cm³/mol. The first kappa shape index (κ1) is 22.4. The summed E-state index contributed by atoms with van der Waals surface area (Å²) in [5, 5.41) is 14.7. The van der Waals surface area contributed by atoms with Crippen LogP contribution in [0.15, 0.2) is 41.7 Å². The summed E-state index contributed by atoms with van der Waals surface area (Å²) in [6.07, 6.45) is 2.59. The Kier molecular flexibility index (Phi) is 10.9. The van der Waals surface area contributed by atoms with Crippen molar-refractivity contribution in [1.29, 1.82) is 0 Å². The van der Waals surface area contributed by atoms with Gasteiger partial charge >= 0.3 is 0 Å². The third-order valence-corrected chi connectivity index (χ3v) is 3.87. The Labute approximate surface area is 172 Å². The van der Waals surface area contributed by atoms with Crippen LogP contribution in [0.25, 0.3) is 0 Å². The first-order valence-corrected chi connectivity index (χ1v) is 8.75. The Balaban J connectivity index is 0.00000338. The van der Waals surface area contributed by atoms with Crippen molar-refractivity contribution >= 4 is 29.9 Å². The Morgan fingerprint density at radius 3 is 2.65 bits per heavy atom. The van der Waals surface area contributed by atoms with E-state index in [-0.39, 0.29) is 30.1 Å². The summed E-state index contributed by atoms with van der Waals surface area (Å²) in [6, 6.07) is 10.1. The number of nitrogens with one attached hydrogen (secondary N) is 2. The number of guanidine groups is 1. The van der Waals surface area contributed by atoms with E-state index in [1.807, 2.05) is 18.2 Å². The van der Waals surface area contributed by atoms with Crippen LogP contribution in [0, 0.1) is 0 Å². The van der Waals surface area contributed by atoms with E-state index in [0.717, 1.165) is 43.4 Å². The van der Waals surface area contributed by atoms with E-state index in [0.29, 0.717) is 6.54 Å². The lowest BCUT2D eigenvalue weighted by atomic mass is 10.1. The maximum atomic E-state index is 5.58. The summed E-state index contributed by atoms with van der Waals surface area (Å²) in [4.78, 5) is 4.65. The summed E-state index contributed by atoms with van der Waals surface area (Å²) in [7, 11) is 1.71. The maximum Gasteiger partial charge on any atom is 0.191 e. The molecule has 0 radical (unpaired) electrons. The standard InChI is InChI=1S/C18H28N6O.HI/c1-4-17-23-22-14-24(17)12-11-20-18(19-5-2)21-13-16(25-3)15-9-7-6-8-10-15;/h6-10,14,16H,4-5,11-13H2,1-3H3,(H2,19,20,21);1H. The van der Waals surface area contributed by atoms with E-state index in [1.165, 1.54) is 0 Å². The van der Waals surface area contributed by atoms with Gasteiger partial charge in [0.2, 0.25) is 0 Å². The van der Waals surface area contributed by atoms with E-state index < -0.39 is 0 Å². The number of methoxy groups -OCH3 is 1. The summed E-state index contributed by atoms with van der Waals surface area (Å²) >= 11 is 0. The third-order valence-electron chi connectivity index (χ3n) is 3.87. The molecule has 2 aromatic rings. The lowest BCUT2D eigenvalue weighted by molar-refractivity contribution is 0.111. The Morgan fingerprint density at radius 2 is 2.00 bits per heavy atom.